The van der Waals surface area contributed by atoms with E-state index in [1.807, 2.05) is 19.1 Å². The highest BCUT2D eigenvalue weighted by molar-refractivity contribution is 14.1. The summed E-state index contributed by atoms with van der Waals surface area (Å²) in [5.74, 6) is 0.208. The van der Waals surface area contributed by atoms with E-state index in [2.05, 4.69) is 27.9 Å². The van der Waals surface area contributed by atoms with Gasteiger partial charge in [-0.15, -0.1) is 0 Å². The SMILES string of the molecule is COCC(C)CC(=O)Nc1ccc(Cl)cc1I. The van der Waals surface area contributed by atoms with E-state index in [0.717, 1.165) is 9.26 Å². The van der Waals surface area contributed by atoms with Crippen molar-refractivity contribution in [2.24, 2.45) is 5.92 Å². The number of rotatable bonds is 5. The van der Waals surface area contributed by atoms with Crippen LogP contribution in [0.3, 0.4) is 0 Å². The summed E-state index contributed by atoms with van der Waals surface area (Å²) in [6.07, 6.45) is 0.451. The van der Waals surface area contributed by atoms with E-state index in [1.165, 1.54) is 0 Å². The predicted molar refractivity (Wildman–Crippen MR) is 78.5 cm³/mol. The molecular formula is C12H15ClINO2. The first kappa shape index (κ1) is 14.7. The van der Waals surface area contributed by atoms with E-state index in [-0.39, 0.29) is 11.8 Å². The van der Waals surface area contributed by atoms with Gasteiger partial charge in [-0.25, -0.2) is 0 Å². The summed E-state index contributed by atoms with van der Waals surface area (Å²) >= 11 is 7.99. The maximum absolute atomic E-state index is 11.7. The number of benzene rings is 1. The molecule has 0 spiro atoms. The Balaban J connectivity index is 2.56. The highest BCUT2D eigenvalue weighted by Gasteiger charge is 2.10. The molecule has 0 saturated carbocycles. The largest absolute Gasteiger partial charge is 0.384 e. The van der Waals surface area contributed by atoms with Crippen LogP contribution in [0.2, 0.25) is 5.02 Å². The van der Waals surface area contributed by atoms with Crippen molar-refractivity contribution in [2.75, 3.05) is 19.0 Å². The van der Waals surface area contributed by atoms with Gasteiger partial charge >= 0.3 is 0 Å². The summed E-state index contributed by atoms with van der Waals surface area (Å²) in [4.78, 5) is 11.7. The molecule has 1 aromatic rings. The molecule has 17 heavy (non-hydrogen) atoms. The van der Waals surface area contributed by atoms with Gasteiger partial charge in [-0.2, -0.15) is 0 Å². The van der Waals surface area contributed by atoms with Gasteiger partial charge in [0.05, 0.1) is 5.69 Å². The number of halogens is 2. The lowest BCUT2D eigenvalue weighted by molar-refractivity contribution is -0.117. The van der Waals surface area contributed by atoms with E-state index in [0.29, 0.717) is 18.1 Å². The predicted octanol–water partition coefficient (Wildman–Crippen LogP) is 3.56. The molecule has 0 fully saturated rings. The molecule has 1 aromatic carbocycles. The molecule has 1 rings (SSSR count). The van der Waals surface area contributed by atoms with Gasteiger partial charge in [-0.1, -0.05) is 18.5 Å². The lowest BCUT2D eigenvalue weighted by Crippen LogP contribution is -2.18. The van der Waals surface area contributed by atoms with Crippen LogP contribution in [0, 0.1) is 9.49 Å². The van der Waals surface area contributed by atoms with Crippen LogP contribution < -0.4 is 5.32 Å². The van der Waals surface area contributed by atoms with Crippen molar-refractivity contribution in [1.29, 1.82) is 0 Å². The van der Waals surface area contributed by atoms with E-state index >= 15 is 0 Å². The molecule has 5 heteroatoms. The Morgan fingerprint density at radius 3 is 2.88 bits per heavy atom. The molecule has 0 aromatic heterocycles. The summed E-state index contributed by atoms with van der Waals surface area (Å²) in [5.41, 5.74) is 0.796. The number of carbonyl (C=O) groups excluding carboxylic acids is 1. The number of ether oxygens (including phenoxy) is 1. The molecule has 0 saturated heterocycles. The minimum Gasteiger partial charge on any atom is -0.384 e. The first-order valence-electron chi connectivity index (χ1n) is 5.26. The van der Waals surface area contributed by atoms with Gasteiger partial charge < -0.3 is 10.1 Å². The molecule has 94 valence electrons. The monoisotopic (exact) mass is 367 g/mol. The quantitative estimate of drug-likeness (QED) is 0.808. The lowest BCUT2D eigenvalue weighted by Gasteiger charge is -2.11. The summed E-state index contributed by atoms with van der Waals surface area (Å²) in [7, 11) is 1.64. The minimum absolute atomic E-state index is 0.00483. The average Bonchev–Trinajstić information content (AvgIpc) is 2.22. The molecule has 1 N–H and O–H groups in total. The van der Waals surface area contributed by atoms with Gasteiger partial charge in [0.25, 0.3) is 0 Å². The van der Waals surface area contributed by atoms with Crippen molar-refractivity contribution >= 4 is 45.8 Å². The molecule has 0 heterocycles. The Kier molecular flexibility index (Phi) is 6.22. The topological polar surface area (TPSA) is 38.3 Å². The molecule has 0 aliphatic heterocycles. The van der Waals surface area contributed by atoms with Crippen LogP contribution in [0.1, 0.15) is 13.3 Å². The fourth-order valence-electron chi connectivity index (χ4n) is 1.45. The second kappa shape index (κ2) is 7.18. The summed E-state index contributed by atoms with van der Waals surface area (Å²) in [6.45, 7) is 2.57. The van der Waals surface area contributed by atoms with Crippen molar-refractivity contribution in [2.45, 2.75) is 13.3 Å². The smallest absolute Gasteiger partial charge is 0.224 e. The third-order valence-electron chi connectivity index (χ3n) is 2.19. The normalized spacial score (nSPS) is 12.2. The highest BCUT2D eigenvalue weighted by Crippen LogP contribution is 2.22. The fraction of sp³-hybridized carbons (Fsp3) is 0.417. The average molecular weight is 368 g/mol. The van der Waals surface area contributed by atoms with Crippen LogP contribution in [0.25, 0.3) is 0 Å². The van der Waals surface area contributed by atoms with Crippen LogP contribution in [-0.2, 0) is 9.53 Å². The highest BCUT2D eigenvalue weighted by atomic mass is 127. The zero-order chi connectivity index (χ0) is 12.8. The third kappa shape index (κ3) is 5.23. The van der Waals surface area contributed by atoms with Crippen molar-refractivity contribution in [1.82, 2.24) is 0 Å². The molecule has 3 nitrogen and oxygen atoms in total. The molecule has 0 aliphatic rings. The molecular weight excluding hydrogens is 352 g/mol. The number of carbonyl (C=O) groups is 1. The molecule has 1 atom stereocenters. The molecule has 0 bridgehead atoms. The van der Waals surface area contributed by atoms with Crippen LogP contribution in [0.15, 0.2) is 18.2 Å². The number of nitrogens with one attached hydrogen (secondary N) is 1. The second-order valence-electron chi connectivity index (χ2n) is 3.94. The van der Waals surface area contributed by atoms with Crippen LogP contribution in [0.4, 0.5) is 5.69 Å². The summed E-state index contributed by atoms with van der Waals surface area (Å²) in [5, 5.41) is 3.53. The van der Waals surface area contributed by atoms with Gasteiger partial charge in [0.1, 0.15) is 0 Å². The Morgan fingerprint density at radius 2 is 2.29 bits per heavy atom. The van der Waals surface area contributed by atoms with Gasteiger partial charge in [0.2, 0.25) is 5.91 Å². The van der Waals surface area contributed by atoms with Gasteiger partial charge in [0, 0.05) is 28.7 Å². The first-order valence-corrected chi connectivity index (χ1v) is 6.72. The lowest BCUT2D eigenvalue weighted by atomic mass is 10.1. The van der Waals surface area contributed by atoms with Crippen LogP contribution in [0.5, 0.6) is 0 Å². The van der Waals surface area contributed by atoms with Crippen molar-refractivity contribution in [3.8, 4) is 0 Å². The van der Waals surface area contributed by atoms with Crippen molar-refractivity contribution in [3.05, 3.63) is 26.8 Å². The molecule has 1 amide bonds. The number of methoxy groups -OCH3 is 1. The number of anilines is 1. The fourth-order valence-corrected chi connectivity index (χ4v) is 2.46. The first-order chi connectivity index (χ1) is 8.02. The van der Waals surface area contributed by atoms with E-state index in [9.17, 15) is 4.79 Å². The number of hydrogen-bond acceptors (Lipinski definition) is 2. The zero-order valence-corrected chi connectivity index (χ0v) is 12.7. The van der Waals surface area contributed by atoms with Crippen LogP contribution in [-0.4, -0.2) is 19.6 Å². The van der Waals surface area contributed by atoms with E-state index in [1.54, 1.807) is 13.2 Å². The summed E-state index contributed by atoms with van der Waals surface area (Å²) in [6, 6.07) is 5.39. The Bertz CT molecular complexity index is 398. The van der Waals surface area contributed by atoms with Gasteiger partial charge in [-0.3, -0.25) is 4.79 Å². The number of hydrogen-bond donors (Lipinski definition) is 1. The second-order valence-corrected chi connectivity index (χ2v) is 5.54. The Morgan fingerprint density at radius 1 is 1.59 bits per heavy atom. The third-order valence-corrected chi connectivity index (χ3v) is 3.32. The Hall–Kier alpha value is -0.330. The van der Waals surface area contributed by atoms with E-state index in [4.69, 9.17) is 16.3 Å². The maximum atomic E-state index is 11.7. The van der Waals surface area contributed by atoms with E-state index < -0.39 is 0 Å². The number of amides is 1. The molecule has 0 radical (unpaired) electrons. The van der Waals surface area contributed by atoms with Crippen molar-refractivity contribution < 1.29 is 9.53 Å². The molecule has 0 aliphatic carbocycles. The Labute approximate surface area is 120 Å². The van der Waals surface area contributed by atoms with Crippen LogP contribution >= 0.6 is 34.2 Å². The maximum Gasteiger partial charge on any atom is 0.224 e. The zero-order valence-electron chi connectivity index (χ0n) is 9.80. The van der Waals surface area contributed by atoms with Gasteiger partial charge in [0.15, 0.2) is 0 Å². The van der Waals surface area contributed by atoms with Crippen molar-refractivity contribution in [3.63, 3.8) is 0 Å². The van der Waals surface area contributed by atoms with Gasteiger partial charge in [-0.05, 0) is 46.7 Å². The molecule has 1 unspecified atom stereocenters. The summed E-state index contributed by atoms with van der Waals surface area (Å²) < 4.78 is 5.93. The minimum atomic E-state index is -0.00483. The standard InChI is InChI=1S/C12H15ClINO2/c1-8(7-17-2)5-12(16)15-11-4-3-9(13)6-10(11)14/h3-4,6,8H,5,7H2,1-2H3,(H,15,16).